The topological polar surface area (TPSA) is 76.8 Å². The van der Waals surface area contributed by atoms with E-state index in [9.17, 15) is 4.79 Å². The van der Waals surface area contributed by atoms with Crippen LogP contribution in [-0.2, 0) is 4.79 Å². The Morgan fingerprint density at radius 2 is 2.14 bits per heavy atom. The van der Waals surface area contributed by atoms with Gasteiger partial charge >= 0.3 is 0 Å². The third kappa shape index (κ3) is 4.89. The molecule has 3 N–H and O–H groups in total. The van der Waals surface area contributed by atoms with E-state index in [0.717, 1.165) is 43.8 Å². The summed E-state index contributed by atoms with van der Waals surface area (Å²) in [4.78, 5) is 12.8. The second kappa shape index (κ2) is 8.60. The van der Waals surface area contributed by atoms with Crippen molar-refractivity contribution in [2.24, 2.45) is 5.73 Å². The number of methoxy groups -OCH3 is 1. The molecule has 0 bridgehead atoms. The Balaban J connectivity index is 1.88. The maximum absolute atomic E-state index is 10.4. The van der Waals surface area contributed by atoms with Crippen molar-refractivity contribution in [2.45, 2.75) is 24.9 Å². The van der Waals surface area contributed by atoms with Crippen molar-refractivity contribution in [3.05, 3.63) is 24.3 Å². The smallest absolute Gasteiger partial charge is 0.207 e. The van der Waals surface area contributed by atoms with Crippen molar-refractivity contribution in [1.82, 2.24) is 10.2 Å². The summed E-state index contributed by atoms with van der Waals surface area (Å²) in [6, 6.07) is 8.05. The van der Waals surface area contributed by atoms with E-state index in [2.05, 4.69) is 10.2 Å². The van der Waals surface area contributed by atoms with E-state index in [1.807, 2.05) is 24.3 Å². The summed E-state index contributed by atoms with van der Waals surface area (Å²) in [6.07, 6.45) is 2.60. The van der Waals surface area contributed by atoms with Crippen LogP contribution >= 0.6 is 0 Å². The molecule has 1 aliphatic rings. The molecule has 1 aromatic rings. The number of nitrogens with zero attached hydrogens (tertiary/aromatic N) is 1. The van der Waals surface area contributed by atoms with Gasteiger partial charge in [-0.05, 0) is 37.1 Å². The third-order valence-corrected chi connectivity index (χ3v) is 3.98. The van der Waals surface area contributed by atoms with Crippen LogP contribution in [0.15, 0.2) is 24.3 Å². The van der Waals surface area contributed by atoms with Gasteiger partial charge in [0.25, 0.3) is 0 Å². The van der Waals surface area contributed by atoms with Crippen molar-refractivity contribution in [3.8, 4) is 11.5 Å². The Bertz CT molecular complexity index is 452. The molecule has 1 heterocycles. The SMILES string of the molecule is COc1ccc(OCC(CCNC=O)N2CCC(N)C2)cc1. The fourth-order valence-corrected chi connectivity index (χ4v) is 2.69. The van der Waals surface area contributed by atoms with E-state index < -0.39 is 0 Å². The van der Waals surface area contributed by atoms with Crippen LogP contribution < -0.4 is 20.5 Å². The highest BCUT2D eigenvalue weighted by atomic mass is 16.5. The molecule has 6 heteroatoms. The zero-order valence-electron chi connectivity index (χ0n) is 13.0. The molecule has 0 aliphatic carbocycles. The number of likely N-dealkylation sites (tertiary alicyclic amines) is 1. The molecule has 2 atom stereocenters. The first-order chi connectivity index (χ1) is 10.7. The van der Waals surface area contributed by atoms with Crippen LogP contribution in [-0.4, -0.2) is 56.7 Å². The van der Waals surface area contributed by atoms with Crippen molar-refractivity contribution < 1.29 is 14.3 Å². The molecule has 22 heavy (non-hydrogen) atoms. The quantitative estimate of drug-likeness (QED) is 0.516. The molecule has 1 amide bonds. The number of nitrogens with one attached hydrogen (secondary N) is 1. The Hall–Kier alpha value is -1.79. The standard InChI is InChI=1S/C16H25N3O3/c1-21-15-2-4-16(5-3-15)22-11-14(6-8-18-12-20)19-9-7-13(17)10-19/h2-5,12-14H,6-11,17H2,1H3,(H,18,20). The number of nitrogens with two attached hydrogens (primary N) is 1. The first kappa shape index (κ1) is 16.6. The summed E-state index contributed by atoms with van der Waals surface area (Å²) >= 11 is 0. The number of amides is 1. The van der Waals surface area contributed by atoms with E-state index in [-0.39, 0.29) is 12.1 Å². The molecule has 1 saturated heterocycles. The summed E-state index contributed by atoms with van der Waals surface area (Å²) in [5.74, 6) is 1.63. The van der Waals surface area contributed by atoms with E-state index in [4.69, 9.17) is 15.2 Å². The van der Waals surface area contributed by atoms with Crippen molar-refractivity contribution in [3.63, 3.8) is 0 Å². The number of benzene rings is 1. The lowest BCUT2D eigenvalue weighted by Crippen LogP contribution is -2.41. The van der Waals surface area contributed by atoms with E-state index in [1.54, 1.807) is 7.11 Å². The van der Waals surface area contributed by atoms with Gasteiger partial charge in [-0.1, -0.05) is 0 Å². The molecule has 0 spiro atoms. The number of carbonyl (C=O) groups is 1. The van der Waals surface area contributed by atoms with Crippen LogP contribution in [0.1, 0.15) is 12.8 Å². The van der Waals surface area contributed by atoms with Crippen molar-refractivity contribution >= 4 is 6.41 Å². The van der Waals surface area contributed by atoms with Crippen LogP contribution in [0.25, 0.3) is 0 Å². The van der Waals surface area contributed by atoms with Crippen LogP contribution in [0.4, 0.5) is 0 Å². The average molecular weight is 307 g/mol. The lowest BCUT2D eigenvalue weighted by molar-refractivity contribution is -0.109. The predicted octanol–water partition coefficient (Wildman–Crippen LogP) is 0.612. The number of hydrogen-bond donors (Lipinski definition) is 2. The molecule has 0 aromatic heterocycles. The highest BCUT2D eigenvalue weighted by Crippen LogP contribution is 2.19. The number of hydrogen-bond acceptors (Lipinski definition) is 5. The molecule has 0 radical (unpaired) electrons. The maximum atomic E-state index is 10.4. The van der Waals surface area contributed by atoms with Gasteiger partial charge in [-0.15, -0.1) is 0 Å². The van der Waals surface area contributed by atoms with Crippen LogP contribution in [0.2, 0.25) is 0 Å². The molecule has 6 nitrogen and oxygen atoms in total. The lowest BCUT2D eigenvalue weighted by atomic mass is 10.2. The van der Waals surface area contributed by atoms with E-state index in [1.165, 1.54) is 0 Å². The lowest BCUT2D eigenvalue weighted by Gasteiger charge is -2.27. The van der Waals surface area contributed by atoms with Gasteiger partial charge in [0.2, 0.25) is 6.41 Å². The Morgan fingerprint density at radius 1 is 1.41 bits per heavy atom. The van der Waals surface area contributed by atoms with Crippen LogP contribution in [0.3, 0.4) is 0 Å². The third-order valence-electron chi connectivity index (χ3n) is 3.98. The fraction of sp³-hybridized carbons (Fsp3) is 0.562. The average Bonchev–Trinajstić information content (AvgIpc) is 2.97. The minimum atomic E-state index is 0.238. The molecule has 1 aromatic carbocycles. The predicted molar refractivity (Wildman–Crippen MR) is 85.1 cm³/mol. The van der Waals surface area contributed by atoms with Crippen LogP contribution in [0, 0.1) is 0 Å². The van der Waals surface area contributed by atoms with E-state index in [0.29, 0.717) is 13.2 Å². The van der Waals surface area contributed by atoms with Gasteiger partial charge in [-0.25, -0.2) is 0 Å². The summed E-state index contributed by atoms with van der Waals surface area (Å²) < 4.78 is 11.0. The first-order valence-corrected chi connectivity index (χ1v) is 7.66. The van der Waals surface area contributed by atoms with Gasteiger partial charge in [0.05, 0.1) is 7.11 Å². The second-order valence-corrected chi connectivity index (χ2v) is 5.54. The highest BCUT2D eigenvalue weighted by Gasteiger charge is 2.26. The van der Waals surface area contributed by atoms with Crippen LogP contribution in [0.5, 0.6) is 11.5 Å². The maximum Gasteiger partial charge on any atom is 0.207 e. The Kier molecular flexibility index (Phi) is 6.48. The zero-order chi connectivity index (χ0) is 15.8. The van der Waals surface area contributed by atoms with Gasteiger partial charge in [0.1, 0.15) is 18.1 Å². The van der Waals surface area contributed by atoms with E-state index >= 15 is 0 Å². The second-order valence-electron chi connectivity index (χ2n) is 5.54. The number of carbonyl (C=O) groups excluding carboxylic acids is 1. The van der Waals surface area contributed by atoms with Gasteiger partial charge < -0.3 is 20.5 Å². The monoisotopic (exact) mass is 307 g/mol. The number of ether oxygens (including phenoxy) is 2. The molecule has 2 unspecified atom stereocenters. The highest BCUT2D eigenvalue weighted by molar-refractivity contribution is 5.45. The van der Waals surface area contributed by atoms with Gasteiger partial charge in [-0.3, -0.25) is 9.69 Å². The van der Waals surface area contributed by atoms with Crippen molar-refractivity contribution in [2.75, 3.05) is 33.4 Å². The molecular formula is C16H25N3O3. The zero-order valence-corrected chi connectivity index (χ0v) is 13.0. The molecule has 1 fully saturated rings. The normalized spacial score (nSPS) is 19.6. The van der Waals surface area contributed by atoms with Gasteiger partial charge in [-0.2, -0.15) is 0 Å². The summed E-state index contributed by atoms with van der Waals surface area (Å²) in [7, 11) is 1.64. The number of rotatable bonds is 9. The largest absolute Gasteiger partial charge is 0.497 e. The minimum Gasteiger partial charge on any atom is -0.497 e. The molecular weight excluding hydrogens is 282 g/mol. The first-order valence-electron chi connectivity index (χ1n) is 7.66. The van der Waals surface area contributed by atoms with Gasteiger partial charge in [0, 0.05) is 31.7 Å². The Morgan fingerprint density at radius 3 is 2.73 bits per heavy atom. The fourth-order valence-electron chi connectivity index (χ4n) is 2.69. The molecule has 122 valence electrons. The Labute approximate surface area is 131 Å². The summed E-state index contributed by atoms with van der Waals surface area (Å²) in [5.41, 5.74) is 5.99. The van der Waals surface area contributed by atoms with Crippen molar-refractivity contribution in [1.29, 1.82) is 0 Å². The van der Waals surface area contributed by atoms with Gasteiger partial charge in [0.15, 0.2) is 0 Å². The molecule has 2 rings (SSSR count). The summed E-state index contributed by atoms with van der Waals surface area (Å²) in [5, 5.41) is 2.72. The summed E-state index contributed by atoms with van der Waals surface area (Å²) in [6.45, 7) is 3.10. The molecule has 0 saturated carbocycles. The minimum absolute atomic E-state index is 0.238. The molecule has 1 aliphatic heterocycles.